The van der Waals surface area contributed by atoms with Crippen molar-refractivity contribution in [2.45, 2.75) is 39.0 Å². The van der Waals surface area contributed by atoms with Gasteiger partial charge in [0.25, 0.3) is 0 Å². The summed E-state index contributed by atoms with van der Waals surface area (Å²) in [5, 5.41) is 0. The summed E-state index contributed by atoms with van der Waals surface area (Å²) in [6.45, 7) is 3.08. The molecule has 0 saturated heterocycles. The highest BCUT2D eigenvalue weighted by Gasteiger charge is 1.95. The van der Waals surface area contributed by atoms with Crippen LogP contribution in [0.5, 0.6) is 0 Å². The second-order valence-corrected chi connectivity index (χ2v) is 3.98. The van der Waals surface area contributed by atoms with E-state index in [1.54, 1.807) is 0 Å². The highest BCUT2D eigenvalue weighted by atomic mass is 15.2. The van der Waals surface area contributed by atoms with Crippen molar-refractivity contribution in [2.75, 3.05) is 6.54 Å². The van der Waals surface area contributed by atoms with Gasteiger partial charge in [0.15, 0.2) is 0 Å². The van der Waals surface area contributed by atoms with Crippen LogP contribution in [0.3, 0.4) is 0 Å². The van der Waals surface area contributed by atoms with Crippen LogP contribution < -0.4 is 11.3 Å². The van der Waals surface area contributed by atoms with Crippen molar-refractivity contribution in [2.24, 2.45) is 5.84 Å². The number of hydrogen-bond donors (Lipinski definition) is 2. The van der Waals surface area contributed by atoms with Crippen molar-refractivity contribution < 1.29 is 0 Å². The molecule has 0 saturated carbocycles. The first kappa shape index (κ1) is 12.2. The predicted octanol–water partition coefficient (Wildman–Crippen LogP) is 2.43. The van der Waals surface area contributed by atoms with E-state index in [9.17, 15) is 0 Å². The quantitative estimate of drug-likeness (QED) is 0.408. The Morgan fingerprint density at radius 2 is 1.60 bits per heavy atom. The van der Waals surface area contributed by atoms with Gasteiger partial charge in [0, 0.05) is 6.54 Å². The monoisotopic (exact) mass is 206 g/mol. The average Bonchev–Trinajstić information content (AvgIpc) is 2.28. The fraction of sp³-hybridized carbons (Fsp3) is 0.538. The van der Waals surface area contributed by atoms with Gasteiger partial charge in [-0.1, -0.05) is 44.0 Å². The number of unbranched alkanes of at least 4 members (excludes halogenated alkanes) is 2. The Labute approximate surface area is 92.8 Å². The Morgan fingerprint density at radius 3 is 2.13 bits per heavy atom. The van der Waals surface area contributed by atoms with Crippen LogP contribution in [0.25, 0.3) is 0 Å². The number of rotatable bonds is 7. The second-order valence-electron chi connectivity index (χ2n) is 3.98. The largest absolute Gasteiger partial charge is 0.271 e. The molecule has 1 aromatic rings. The van der Waals surface area contributed by atoms with Gasteiger partial charge in [0.2, 0.25) is 0 Å². The molecule has 84 valence electrons. The van der Waals surface area contributed by atoms with Gasteiger partial charge in [-0.15, -0.1) is 0 Å². The third kappa shape index (κ3) is 4.96. The fourth-order valence-corrected chi connectivity index (χ4v) is 1.67. The first-order chi connectivity index (χ1) is 7.36. The number of hydrazine groups is 1. The third-order valence-corrected chi connectivity index (χ3v) is 2.65. The lowest BCUT2D eigenvalue weighted by atomic mass is 10.0. The number of hydrogen-bond acceptors (Lipinski definition) is 2. The lowest BCUT2D eigenvalue weighted by molar-refractivity contribution is 0.715. The summed E-state index contributed by atoms with van der Waals surface area (Å²) in [4.78, 5) is 0. The maximum absolute atomic E-state index is 5.24. The average molecular weight is 206 g/mol. The molecule has 0 aliphatic heterocycles. The minimum Gasteiger partial charge on any atom is -0.271 e. The lowest BCUT2D eigenvalue weighted by Crippen LogP contribution is -2.24. The van der Waals surface area contributed by atoms with E-state index in [2.05, 4.69) is 36.6 Å². The molecule has 0 atom stereocenters. The smallest absolute Gasteiger partial charge is 0.0138 e. The molecule has 0 unspecified atom stereocenters. The number of benzene rings is 1. The SMILES string of the molecule is CCCCCc1ccc(CCNN)cc1. The molecule has 0 spiro atoms. The molecule has 0 amide bonds. The number of nitrogens with two attached hydrogens (primary N) is 1. The molecule has 1 aromatic carbocycles. The molecule has 2 heteroatoms. The maximum Gasteiger partial charge on any atom is 0.0138 e. The molecule has 0 heterocycles. The Morgan fingerprint density at radius 1 is 1.00 bits per heavy atom. The van der Waals surface area contributed by atoms with Gasteiger partial charge < -0.3 is 0 Å². The van der Waals surface area contributed by atoms with Gasteiger partial charge in [-0.25, -0.2) is 0 Å². The van der Waals surface area contributed by atoms with Gasteiger partial charge in [-0.3, -0.25) is 11.3 Å². The topological polar surface area (TPSA) is 38.0 Å². The summed E-state index contributed by atoms with van der Waals surface area (Å²) < 4.78 is 0. The third-order valence-electron chi connectivity index (χ3n) is 2.65. The van der Waals surface area contributed by atoms with Crippen LogP contribution in [0.15, 0.2) is 24.3 Å². The normalized spacial score (nSPS) is 10.5. The van der Waals surface area contributed by atoms with Gasteiger partial charge in [-0.05, 0) is 30.4 Å². The van der Waals surface area contributed by atoms with E-state index in [4.69, 9.17) is 5.84 Å². The van der Waals surface area contributed by atoms with Crippen molar-refractivity contribution >= 4 is 0 Å². The van der Waals surface area contributed by atoms with Gasteiger partial charge in [0.1, 0.15) is 0 Å². The molecule has 1 rings (SSSR count). The highest BCUT2D eigenvalue weighted by Crippen LogP contribution is 2.09. The summed E-state index contributed by atoms with van der Waals surface area (Å²) in [6, 6.07) is 8.89. The van der Waals surface area contributed by atoms with Crippen molar-refractivity contribution in [1.82, 2.24) is 5.43 Å². The van der Waals surface area contributed by atoms with Gasteiger partial charge in [-0.2, -0.15) is 0 Å². The van der Waals surface area contributed by atoms with E-state index in [0.717, 1.165) is 13.0 Å². The van der Waals surface area contributed by atoms with Crippen LogP contribution in [0, 0.1) is 0 Å². The minimum atomic E-state index is 0.842. The van der Waals surface area contributed by atoms with Crippen LogP contribution >= 0.6 is 0 Å². The Kier molecular flexibility index (Phi) is 6.05. The summed E-state index contributed by atoms with van der Waals surface area (Å²) in [7, 11) is 0. The zero-order chi connectivity index (χ0) is 10.9. The van der Waals surface area contributed by atoms with Crippen LogP contribution in [0.1, 0.15) is 37.3 Å². The van der Waals surface area contributed by atoms with Crippen LogP contribution in [0.2, 0.25) is 0 Å². The van der Waals surface area contributed by atoms with Gasteiger partial charge in [0.05, 0.1) is 0 Å². The Hall–Kier alpha value is -0.860. The summed E-state index contributed by atoms with van der Waals surface area (Å²) >= 11 is 0. The molecule has 0 aliphatic rings. The van der Waals surface area contributed by atoms with Crippen LogP contribution in [0.4, 0.5) is 0 Å². The Balaban J connectivity index is 2.35. The molecule has 3 N–H and O–H groups in total. The van der Waals surface area contributed by atoms with E-state index in [1.165, 1.54) is 36.8 Å². The lowest BCUT2D eigenvalue weighted by Gasteiger charge is -2.03. The summed E-state index contributed by atoms with van der Waals surface area (Å²) in [5.74, 6) is 5.24. The van der Waals surface area contributed by atoms with Crippen LogP contribution in [-0.2, 0) is 12.8 Å². The predicted molar refractivity (Wildman–Crippen MR) is 65.6 cm³/mol. The summed E-state index contributed by atoms with van der Waals surface area (Å²) in [6.07, 6.45) is 6.15. The molecule has 0 radical (unpaired) electrons. The zero-order valence-electron chi connectivity index (χ0n) is 9.63. The first-order valence-electron chi connectivity index (χ1n) is 5.88. The van der Waals surface area contributed by atoms with Crippen molar-refractivity contribution in [1.29, 1.82) is 0 Å². The van der Waals surface area contributed by atoms with Crippen molar-refractivity contribution in [3.8, 4) is 0 Å². The molecular formula is C13H22N2. The van der Waals surface area contributed by atoms with Crippen molar-refractivity contribution in [3.05, 3.63) is 35.4 Å². The van der Waals surface area contributed by atoms with E-state index < -0.39 is 0 Å². The van der Waals surface area contributed by atoms with E-state index in [1.807, 2.05) is 0 Å². The molecule has 15 heavy (non-hydrogen) atoms. The first-order valence-corrected chi connectivity index (χ1v) is 5.88. The minimum absolute atomic E-state index is 0.842. The number of aryl methyl sites for hydroxylation is 1. The van der Waals surface area contributed by atoms with E-state index >= 15 is 0 Å². The molecule has 0 fully saturated rings. The molecule has 0 aromatic heterocycles. The maximum atomic E-state index is 5.24. The zero-order valence-corrected chi connectivity index (χ0v) is 9.63. The van der Waals surface area contributed by atoms with Crippen LogP contribution in [-0.4, -0.2) is 6.54 Å². The Bertz CT molecular complexity index is 254. The highest BCUT2D eigenvalue weighted by molar-refractivity contribution is 5.22. The van der Waals surface area contributed by atoms with E-state index in [0.29, 0.717) is 0 Å². The van der Waals surface area contributed by atoms with Gasteiger partial charge >= 0.3 is 0 Å². The van der Waals surface area contributed by atoms with E-state index in [-0.39, 0.29) is 0 Å². The molecule has 2 nitrogen and oxygen atoms in total. The molecule has 0 aliphatic carbocycles. The fourth-order valence-electron chi connectivity index (χ4n) is 1.67. The molecule has 0 bridgehead atoms. The standard InChI is InChI=1S/C13H22N2/c1-2-3-4-5-12-6-8-13(9-7-12)10-11-15-14/h6-9,15H,2-5,10-11,14H2,1H3. The number of nitrogens with one attached hydrogen (secondary N) is 1. The second kappa shape index (κ2) is 7.43. The van der Waals surface area contributed by atoms with Crippen molar-refractivity contribution in [3.63, 3.8) is 0 Å². The summed E-state index contributed by atoms with van der Waals surface area (Å²) in [5.41, 5.74) is 5.48. The molecular weight excluding hydrogens is 184 g/mol.